The van der Waals surface area contributed by atoms with Crippen molar-refractivity contribution in [2.45, 2.75) is 65.2 Å². The van der Waals surface area contributed by atoms with E-state index in [0.717, 1.165) is 12.8 Å². The molecule has 0 bridgehead atoms. The first-order chi connectivity index (χ1) is 8.68. The predicted molar refractivity (Wildman–Crippen MR) is 77.5 cm³/mol. The lowest BCUT2D eigenvalue weighted by Gasteiger charge is -2.03. The first-order valence-corrected chi connectivity index (χ1v) is 7.16. The monoisotopic (exact) mass is 252 g/mol. The van der Waals surface area contributed by atoms with Gasteiger partial charge < -0.3 is 4.74 Å². The van der Waals surface area contributed by atoms with Gasteiger partial charge >= 0.3 is 5.97 Å². The number of hydrogen-bond donors (Lipinski definition) is 0. The van der Waals surface area contributed by atoms with E-state index in [9.17, 15) is 4.79 Å². The Morgan fingerprint density at radius 1 is 1.06 bits per heavy atom. The van der Waals surface area contributed by atoms with Crippen LogP contribution >= 0.6 is 0 Å². The van der Waals surface area contributed by atoms with Crippen molar-refractivity contribution in [2.75, 3.05) is 6.61 Å². The number of carbonyl (C=O) groups excluding carboxylic acids is 1. The molecule has 0 aliphatic rings. The van der Waals surface area contributed by atoms with Crippen LogP contribution in [0.15, 0.2) is 24.3 Å². The SMILES string of the molecule is C=C(C)C(=O)OCCCCCCCC=CCCC. The quantitative estimate of drug-likeness (QED) is 0.228. The van der Waals surface area contributed by atoms with Crippen molar-refractivity contribution in [3.8, 4) is 0 Å². The van der Waals surface area contributed by atoms with Crippen LogP contribution < -0.4 is 0 Å². The van der Waals surface area contributed by atoms with E-state index in [1.807, 2.05) is 0 Å². The van der Waals surface area contributed by atoms with E-state index >= 15 is 0 Å². The molecule has 0 aromatic heterocycles. The second kappa shape index (κ2) is 12.4. The maximum Gasteiger partial charge on any atom is 0.333 e. The zero-order valence-corrected chi connectivity index (χ0v) is 12.0. The van der Waals surface area contributed by atoms with E-state index in [0.29, 0.717) is 12.2 Å². The molecule has 104 valence electrons. The second-order valence-corrected chi connectivity index (χ2v) is 4.73. The third-order valence-corrected chi connectivity index (χ3v) is 2.72. The summed E-state index contributed by atoms with van der Waals surface area (Å²) in [5, 5.41) is 0. The number of allylic oxidation sites excluding steroid dienone is 2. The van der Waals surface area contributed by atoms with Gasteiger partial charge in [-0.25, -0.2) is 4.79 Å². The third kappa shape index (κ3) is 11.4. The molecule has 0 heterocycles. The number of carbonyl (C=O) groups is 1. The number of rotatable bonds is 11. The van der Waals surface area contributed by atoms with Crippen molar-refractivity contribution >= 4 is 5.97 Å². The van der Waals surface area contributed by atoms with Crippen molar-refractivity contribution in [3.05, 3.63) is 24.3 Å². The van der Waals surface area contributed by atoms with Crippen LogP contribution in [0.3, 0.4) is 0 Å². The molecule has 0 saturated carbocycles. The summed E-state index contributed by atoms with van der Waals surface area (Å²) in [6, 6.07) is 0. The van der Waals surface area contributed by atoms with Crippen molar-refractivity contribution < 1.29 is 9.53 Å². The largest absolute Gasteiger partial charge is 0.462 e. The maximum atomic E-state index is 11.1. The van der Waals surface area contributed by atoms with Gasteiger partial charge in [-0.2, -0.15) is 0 Å². The van der Waals surface area contributed by atoms with Gasteiger partial charge in [0.05, 0.1) is 6.61 Å². The molecular weight excluding hydrogens is 224 g/mol. The first-order valence-electron chi connectivity index (χ1n) is 7.16. The second-order valence-electron chi connectivity index (χ2n) is 4.73. The van der Waals surface area contributed by atoms with Crippen LogP contribution in [0.25, 0.3) is 0 Å². The minimum Gasteiger partial charge on any atom is -0.462 e. The van der Waals surface area contributed by atoms with Gasteiger partial charge in [-0.3, -0.25) is 0 Å². The average Bonchev–Trinajstić information content (AvgIpc) is 2.35. The summed E-state index contributed by atoms with van der Waals surface area (Å²) in [7, 11) is 0. The van der Waals surface area contributed by atoms with Crippen molar-refractivity contribution in [3.63, 3.8) is 0 Å². The Balaban J connectivity index is 3.17. The molecule has 0 aliphatic heterocycles. The highest BCUT2D eigenvalue weighted by atomic mass is 16.5. The van der Waals surface area contributed by atoms with Crippen LogP contribution in [-0.4, -0.2) is 12.6 Å². The molecule has 0 unspecified atom stereocenters. The Kier molecular flexibility index (Phi) is 11.7. The minimum absolute atomic E-state index is 0.268. The van der Waals surface area contributed by atoms with Crippen LogP contribution in [0.1, 0.15) is 65.2 Å². The molecule has 0 saturated heterocycles. The van der Waals surface area contributed by atoms with Gasteiger partial charge in [0.1, 0.15) is 0 Å². The van der Waals surface area contributed by atoms with Gasteiger partial charge in [0, 0.05) is 5.57 Å². The molecule has 18 heavy (non-hydrogen) atoms. The summed E-state index contributed by atoms with van der Waals surface area (Å²) >= 11 is 0. The Bertz CT molecular complexity index is 254. The molecular formula is C16H28O2. The summed E-state index contributed by atoms with van der Waals surface area (Å²) in [5.74, 6) is -0.268. The zero-order chi connectivity index (χ0) is 13.6. The highest BCUT2D eigenvalue weighted by molar-refractivity contribution is 5.86. The summed E-state index contributed by atoms with van der Waals surface area (Å²) in [5.41, 5.74) is 0.480. The Labute approximate surface area is 112 Å². The minimum atomic E-state index is -0.268. The topological polar surface area (TPSA) is 26.3 Å². The average molecular weight is 252 g/mol. The lowest BCUT2D eigenvalue weighted by atomic mass is 10.1. The van der Waals surface area contributed by atoms with Crippen molar-refractivity contribution in [2.24, 2.45) is 0 Å². The third-order valence-electron chi connectivity index (χ3n) is 2.72. The molecule has 0 fully saturated rings. The van der Waals surface area contributed by atoms with E-state index in [1.54, 1.807) is 6.92 Å². The molecule has 2 nitrogen and oxygen atoms in total. The molecule has 0 aliphatic carbocycles. The van der Waals surface area contributed by atoms with Crippen LogP contribution in [0.2, 0.25) is 0 Å². The molecule has 0 N–H and O–H groups in total. The van der Waals surface area contributed by atoms with Gasteiger partial charge in [0.15, 0.2) is 0 Å². The fourth-order valence-electron chi connectivity index (χ4n) is 1.59. The normalized spacial score (nSPS) is 10.8. The van der Waals surface area contributed by atoms with E-state index < -0.39 is 0 Å². The van der Waals surface area contributed by atoms with Crippen LogP contribution in [0.5, 0.6) is 0 Å². The number of unbranched alkanes of at least 4 members (excludes halogenated alkanes) is 6. The van der Waals surface area contributed by atoms with E-state index in [-0.39, 0.29) is 5.97 Å². The predicted octanol–water partition coefficient (Wildman–Crippen LogP) is 4.80. The molecule has 0 aromatic carbocycles. The van der Waals surface area contributed by atoms with Gasteiger partial charge in [0.2, 0.25) is 0 Å². The molecule has 2 heteroatoms. The number of esters is 1. The van der Waals surface area contributed by atoms with Gasteiger partial charge in [-0.1, -0.05) is 51.3 Å². The number of ether oxygens (including phenoxy) is 1. The van der Waals surface area contributed by atoms with Crippen LogP contribution in [0.4, 0.5) is 0 Å². The fourth-order valence-corrected chi connectivity index (χ4v) is 1.59. The lowest BCUT2D eigenvalue weighted by Crippen LogP contribution is -2.05. The zero-order valence-electron chi connectivity index (χ0n) is 12.0. The molecule has 0 rings (SSSR count). The highest BCUT2D eigenvalue weighted by Crippen LogP contribution is 2.07. The molecule has 0 aromatic rings. The Morgan fingerprint density at radius 3 is 2.33 bits per heavy atom. The molecule has 0 amide bonds. The van der Waals surface area contributed by atoms with Gasteiger partial charge in [0.25, 0.3) is 0 Å². The van der Waals surface area contributed by atoms with Crippen LogP contribution in [-0.2, 0) is 9.53 Å². The molecule has 0 radical (unpaired) electrons. The summed E-state index contributed by atoms with van der Waals surface area (Å²) < 4.78 is 5.03. The number of hydrogen-bond acceptors (Lipinski definition) is 2. The lowest BCUT2D eigenvalue weighted by molar-refractivity contribution is -0.139. The van der Waals surface area contributed by atoms with E-state index in [4.69, 9.17) is 4.74 Å². The smallest absolute Gasteiger partial charge is 0.333 e. The Morgan fingerprint density at radius 2 is 1.67 bits per heavy atom. The summed E-state index contributed by atoms with van der Waals surface area (Å²) in [4.78, 5) is 11.1. The van der Waals surface area contributed by atoms with E-state index in [2.05, 4.69) is 25.7 Å². The van der Waals surface area contributed by atoms with Crippen LogP contribution in [0, 0.1) is 0 Å². The maximum absolute atomic E-state index is 11.1. The summed E-state index contributed by atoms with van der Waals surface area (Å²) in [6.07, 6.45) is 14.1. The van der Waals surface area contributed by atoms with E-state index in [1.165, 1.54) is 38.5 Å². The van der Waals surface area contributed by atoms with Crippen molar-refractivity contribution in [1.82, 2.24) is 0 Å². The molecule has 0 spiro atoms. The van der Waals surface area contributed by atoms with Gasteiger partial charge in [-0.15, -0.1) is 0 Å². The van der Waals surface area contributed by atoms with Gasteiger partial charge in [-0.05, 0) is 32.6 Å². The first kappa shape index (κ1) is 16.9. The van der Waals surface area contributed by atoms with Crippen molar-refractivity contribution in [1.29, 1.82) is 0 Å². The standard InChI is InChI=1S/C16H28O2/c1-4-5-6-7-8-9-10-11-12-13-14-18-16(17)15(2)3/h6-7H,2,4-5,8-14H2,1,3H3. The highest BCUT2D eigenvalue weighted by Gasteiger charge is 2.01. The Hall–Kier alpha value is -1.05. The fraction of sp³-hybridized carbons (Fsp3) is 0.688. The summed E-state index contributed by atoms with van der Waals surface area (Å²) in [6.45, 7) is 7.95. The molecule has 0 atom stereocenters.